The van der Waals surface area contributed by atoms with Crippen LogP contribution in [0.4, 0.5) is 5.82 Å². The van der Waals surface area contributed by atoms with Gasteiger partial charge in [0, 0.05) is 17.7 Å². The minimum Gasteiger partial charge on any atom is -0.308 e. The number of hydrazine groups is 1. The van der Waals surface area contributed by atoms with Crippen LogP contribution in [0.2, 0.25) is 0 Å². The second kappa shape index (κ2) is 4.06. The molecule has 1 aliphatic carbocycles. The van der Waals surface area contributed by atoms with Crippen molar-refractivity contribution >= 4 is 5.82 Å². The van der Waals surface area contributed by atoms with Gasteiger partial charge < -0.3 is 5.43 Å². The molecule has 1 fully saturated rings. The van der Waals surface area contributed by atoms with Crippen molar-refractivity contribution < 1.29 is 0 Å². The molecule has 0 unspecified atom stereocenters. The molecule has 3 N–H and O–H groups in total. The van der Waals surface area contributed by atoms with E-state index in [2.05, 4.69) is 20.5 Å². The van der Waals surface area contributed by atoms with E-state index < -0.39 is 0 Å². The van der Waals surface area contributed by atoms with E-state index in [9.17, 15) is 0 Å². The molecule has 0 amide bonds. The summed E-state index contributed by atoms with van der Waals surface area (Å²) in [6.07, 6.45) is 6.08. The van der Waals surface area contributed by atoms with Crippen molar-refractivity contribution in [2.45, 2.75) is 32.6 Å². The van der Waals surface area contributed by atoms with Gasteiger partial charge in [-0.1, -0.05) is 0 Å². The van der Waals surface area contributed by atoms with Crippen LogP contribution in [0.25, 0.3) is 5.82 Å². The van der Waals surface area contributed by atoms with Crippen molar-refractivity contribution in [3.8, 4) is 5.82 Å². The van der Waals surface area contributed by atoms with Crippen LogP contribution in [-0.4, -0.2) is 19.7 Å². The summed E-state index contributed by atoms with van der Waals surface area (Å²) < 4.78 is 1.78. The Hall–Kier alpha value is -1.95. The lowest BCUT2D eigenvalue weighted by molar-refractivity contribution is 0.800. The van der Waals surface area contributed by atoms with Gasteiger partial charge in [0.1, 0.15) is 11.6 Å². The van der Waals surface area contributed by atoms with Crippen molar-refractivity contribution in [2.75, 3.05) is 5.43 Å². The second-order valence-corrected chi connectivity index (χ2v) is 4.76. The summed E-state index contributed by atoms with van der Waals surface area (Å²) >= 11 is 0. The zero-order valence-electron chi connectivity index (χ0n) is 10.5. The Morgan fingerprint density at radius 3 is 2.67 bits per heavy atom. The summed E-state index contributed by atoms with van der Waals surface area (Å²) in [5.41, 5.74) is 4.65. The molecule has 1 saturated carbocycles. The first-order chi connectivity index (χ1) is 8.69. The van der Waals surface area contributed by atoms with Crippen molar-refractivity contribution in [2.24, 2.45) is 5.84 Å². The molecule has 2 aromatic heterocycles. The van der Waals surface area contributed by atoms with Crippen LogP contribution in [0.1, 0.15) is 35.7 Å². The van der Waals surface area contributed by atoms with E-state index >= 15 is 0 Å². The van der Waals surface area contributed by atoms with E-state index in [0.717, 1.165) is 35.6 Å². The highest BCUT2D eigenvalue weighted by Crippen LogP contribution is 2.39. The van der Waals surface area contributed by atoms with Gasteiger partial charge in [-0.3, -0.25) is 0 Å². The Balaban J connectivity index is 2.14. The van der Waals surface area contributed by atoms with Gasteiger partial charge >= 0.3 is 0 Å². The first kappa shape index (κ1) is 11.2. The maximum Gasteiger partial charge on any atom is 0.162 e. The molecule has 2 aromatic rings. The molecule has 6 heteroatoms. The van der Waals surface area contributed by atoms with Gasteiger partial charge in [0.15, 0.2) is 5.82 Å². The topological polar surface area (TPSA) is 81.7 Å². The molecule has 2 heterocycles. The van der Waals surface area contributed by atoms with E-state index in [0.29, 0.717) is 11.7 Å². The van der Waals surface area contributed by atoms with E-state index in [1.807, 2.05) is 26.2 Å². The van der Waals surface area contributed by atoms with Crippen LogP contribution in [0, 0.1) is 13.8 Å². The smallest absolute Gasteiger partial charge is 0.162 e. The third kappa shape index (κ3) is 1.84. The quantitative estimate of drug-likeness (QED) is 0.630. The first-order valence-corrected chi connectivity index (χ1v) is 6.06. The Kier molecular flexibility index (Phi) is 2.52. The molecule has 0 bridgehead atoms. The highest BCUT2D eigenvalue weighted by Gasteiger charge is 2.28. The number of nitrogens with one attached hydrogen (secondary N) is 1. The minimum atomic E-state index is 0.480. The van der Waals surface area contributed by atoms with Crippen LogP contribution in [-0.2, 0) is 0 Å². The number of nitrogens with zero attached hydrogens (tertiary/aromatic N) is 4. The molecule has 0 radical (unpaired) electrons. The summed E-state index contributed by atoms with van der Waals surface area (Å²) in [5, 5.41) is 4.30. The third-order valence-corrected chi connectivity index (χ3v) is 3.15. The maximum atomic E-state index is 5.52. The minimum absolute atomic E-state index is 0.480. The van der Waals surface area contributed by atoms with Crippen LogP contribution in [0.5, 0.6) is 0 Å². The van der Waals surface area contributed by atoms with Gasteiger partial charge in [-0.05, 0) is 32.3 Å². The summed E-state index contributed by atoms with van der Waals surface area (Å²) in [6, 6.07) is 0. The Bertz CT molecular complexity index is 584. The molecule has 0 saturated heterocycles. The van der Waals surface area contributed by atoms with Gasteiger partial charge in [-0.15, -0.1) is 0 Å². The van der Waals surface area contributed by atoms with E-state index in [-0.39, 0.29) is 0 Å². The fourth-order valence-corrected chi connectivity index (χ4v) is 1.94. The molecule has 3 rings (SSSR count). The van der Waals surface area contributed by atoms with E-state index in [4.69, 9.17) is 5.84 Å². The number of aryl methyl sites for hydroxylation is 1. The average Bonchev–Trinajstić information content (AvgIpc) is 3.12. The Morgan fingerprint density at radius 2 is 2.11 bits per heavy atom. The molecule has 0 aliphatic heterocycles. The van der Waals surface area contributed by atoms with Crippen molar-refractivity contribution in [1.82, 2.24) is 19.7 Å². The SMILES string of the molecule is Cc1cnn(-c2nc(C3CC3)nc(NN)c2C)c1. The zero-order valence-corrected chi connectivity index (χ0v) is 10.5. The highest BCUT2D eigenvalue weighted by atomic mass is 15.3. The Labute approximate surface area is 105 Å². The summed E-state index contributed by atoms with van der Waals surface area (Å²) in [5.74, 6) is 8.34. The van der Waals surface area contributed by atoms with Crippen molar-refractivity contribution in [1.29, 1.82) is 0 Å². The largest absolute Gasteiger partial charge is 0.308 e. The lowest BCUT2D eigenvalue weighted by atomic mass is 10.3. The number of nitrogens with two attached hydrogens (primary N) is 1. The molecule has 0 atom stereocenters. The van der Waals surface area contributed by atoms with Crippen LogP contribution < -0.4 is 11.3 Å². The first-order valence-electron chi connectivity index (χ1n) is 6.06. The predicted molar refractivity (Wildman–Crippen MR) is 68.4 cm³/mol. The number of aromatic nitrogens is 4. The number of anilines is 1. The van der Waals surface area contributed by atoms with Crippen molar-refractivity contribution in [3.63, 3.8) is 0 Å². The van der Waals surface area contributed by atoms with E-state index in [1.54, 1.807) is 4.68 Å². The lowest BCUT2D eigenvalue weighted by Gasteiger charge is -2.11. The number of hydrogen-bond acceptors (Lipinski definition) is 5. The molecule has 1 aliphatic rings. The van der Waals surface area contributed by atoms with Crippen LogP contribution in [0.3, 0.4) is 0 Å². The van der Waals surface area contributed by atoms with Crippen molar-refractivity contribution in [3.05, 3.63) is 29.3 Å². The van der Waals surface area contributed by atoms with Crippen LogP contribution >= 0.6 is 0 Å². The summed E-state index contributed by atoms with van der Waals surface area (Å²) in [7, 11) is 0. The molecule has 6 nitrogen and oxygen atoms in total. The monoisotopic (exact) mass is 244 g/mol. The predicted octanol–water partition coefficient (Wildman–Crippen LogP) is 1.44. The highest BCUT2D eigenvalue weighted by molar-refractivity contribution is 5.51. The maximum absolute atomic E-state index is 5.52. The summed E-state index contributed by atoms with van der Waals surface area (Å²) in [4.78, 5) is 9.08. The molecule has 94 valence electrons. The number of rotatable bonds is 3. The molecular formula is C12H16N6. The number of nitrogen functional groups attached to an aromatic ring is 1. The zero-order chi connectivity index (χ0) is 12.7. The molecule has 0 spiro atoms. The molecule has 0 aromatic carbocycles. The fraction of sp³-hybridized carbons (Fsp3) is 0.417. The second-order valence-electron chi connectivity index (χ2n) is 4.76. The normalized spacial score (nSPS) is 14.8. The van der Waals surface area contributed by atoms with Gasteiger partial charge in [-0.25, -0.2) is 20.5 Å². The van der Waals surface area contributed by atoms with Gasteiger partial charge in [-0.2, -0.15) is 5.10 Å². The van der Waals surface area contributed by atoms with Gasteiger partial charge in [0.2, 0.25) is 0 Å². The van der Waals surface area contributed by atoms with Gasteiger partial charge in [0.05, 0.1) is 6.20 Å². The van der Waals surface area contributed by atoms with E-state index in [1.165, 1.54) is 0 Å². The average molecular weight is 244 g/mol. The standard InChI is InChI=1S/C12H16N6/c1-7-5-14-18(6-7)12-8(2)10(17-13)15-11(16-12)9-3-4-9/h5-6,9H,3-4,13H2,1-2H3,(H,15,16,17). The number of hydrogen-bond donors (Lipinski definition) is 2. The molecule has 18 heavy (non-hydrogen) atoms. The fourth-order valence-electron chi connectivity index (χ4n) is 1.94. The van der Waals surface area contributed by atoms with Crippen LogP contribution in [0.15, 0.2) is 12.4 Å². The lowest BCUT2D eigenvalue weighted by Crippen LogP contribution is -2.15. The Morgan fingerprint density at radius 1 is 1.33 bits per heavy atom. The summed E-state index contributed by atoms with van der Waals surface area (Å²) in [6.45, 7) is 3.95. The molecular weight excluding hydrogens is 228 g/mol. The van der Waals surface area contributed by atoms with Gasteiger partial charge in [0.25, 0.3) is 0 Å². The third-order valence-electron chi connectivity index (χ3n) is 3.15.